The van der Waals surface area contributed by atoms with Gasteiger partial charge in [0.05, 0.1) is 23.7 Å². The van der Waals surface area contributed by atoms with Crippen LogP contribution in [0.1, 0.15) is 6.92 Å². The first kappa shape index (κ1) is 13.9. The smallest absolute Gasteiger partial charge is 0.207 e. The highest BCUT2D eigenvalue weighted by Crippen LogP contribution is 2.23. The van der Waals surface area contributed by atoms with Gasteiger partial charge in [-0.2, -0.15) is 18.3 Å². The highest BCUT2D eigenvalue weighted by atomic mass is 32.2. The average molecular weight is 296 g/mol. The lowest BCUT2D eigenvalue weighted by Crippen LogP contribution is -2.30. The van der Waals surface area contributed by atoms with Gasteiger partial charge in [-0.05, 0) is 19.1 Å². The van der Waals surface area contributed by atoms with Gasteiger partial charge in [0.2, 0.25) is 10.0 Å². The van der Waals surface area contributed by atoms with E-state index in [4.69, 9.17) is 5.26 Å². The Morgan fingerprint density at radius 2 is 2.21 bits per heavy atom. The third kappa shape index (κ3) is 2.58. The molecule has 100 valence electrons. The molecule has 0 fully saturated rings. The summed E-state index contributed by atoms with van der Waals surface area (Å²) >= 11 is 0.978. The van der Waals surface area contributed by atoms with E-state index < -0.39 is 10.0 Å². The number of nitriles is 1. The second-order valence-electron chi connectivity index (χ2n) is 4.20. The quantitative estimate of drug-likeness (QED) is 0.852. The standard InChI is InChI=1S/C11H12N4O2S2/c1-8(6-12)7-15(2)19(16,17)10-5-3-4-9-11(10)14-18-13-9/h3-5,8H,7H2,1-2H3. The maximum atomic E-state index is 12.4. The summed E-state index contributed by atoms with van der Waals surface area (Å²) in [6, 6.07) is 6.88. The molecule has 0 saturated heterocycles. The zero-order valence-electron chi connectivity index (χ0n) is 10.4. The van der Waals surface area contributed by atoms with Gasteiger partial charge in [0.15, 0.2) is 0 Å². The normalized spacial score (nSPS) is 13.6. The molecule has 0 bridgehead atoms. The molecule has 0 N–H and O–H groups in total. The van der Waals surface area contributed by atoms with Gasteiger partial charge < -0.3 is 0 Å². The summed E-state index contributed by atoms with van der Waals surface area (Å²) in [5.41, 5.74) is 0.941. The Morgan fingerprint density at radius 1 is 1.47 bits per heavy atom. The van der Waals surface area contributed by atoms with Crippen molar-refractivity contribution in [2.24, 2.45) is 5.92 Å². The van der Waals surface area contributed by atoms with Crippen molar-refractivity contribution in [3.05, 3.63) is 18.2 Å². The highest BCUT2D eigenvalue weighted by molar-refractivity contribution is 7.89. The third-order valence-corrected chi connectivity index (χ3v) is 5.09. The largest absolute Gasteiger partial charge is 0.245 e. The lowest BCUT2D eigenvalue weighted by molar-refractivity contribution is 0.439. The van der Waals surface area contributed by atoms with Crippen LogP contribution in [0.25, 0.3) is 11.0 Å². The number of rotatable bonds is 4. The maximum absolute atomic E-state index is 12.4. The van der Waals surface area contributed by atoms with Crippen molar-refractivity contribution in [1.82, 2.24) is 13.1 Å². The molecule has 0 spiro atoms. The van der Waals surface area contributed by atoms with E-state index in [1.807, 2.05) is 6.07 Å². The van der Waals surface area contributed by atoms with Crippen LogP contribution in [0.2, 0.25) is 0 Å². The van der Waals surface area contributed by atoms with Crippen LogP contribution in [-0.4, -0.2) is 35.1 Å². The molecule has 2 rings (SSSR count). The van der Waals surface area contributed by atoms with E-state index >= 15 is 0 Å². The number of hydrogen-bond donors (Lipinski definition) is 0. The van der Waals surface area contributed by atoms with Gasteiger partial charge in [-0.1, -0.05) is 6.07 Å². The second-order valence-corrected chi connectivity index (χ2v) is 6.75. The first-order valence-corrected chi connectivity index (χ1v) is 7.71. The Morgan fingerprint density at radius 3 is 2.89 bits per heavy atom. The number of benzene rings is 1. The van der Waals surface area contributed by atoms with Gasteiger partial charge in [0, 0.05) is 13.6 Å². The second kappa shape index (κ2) is 5.21. The predicted molar refractivity (Wildman–Crippen MR) is 72.0 cm³/mol. The Labute approximate surface area is 115 Å². The van der Waals surface area contributed by atoms with Gasteiger partial charge in [0.1, 0.15) is 15.9 Å². The average Bonchev–Trinajstić information content (AvgIpc) is 2.86. The van der Waals surface area contributed by atoms with E-state index in [-0.39, 0.29) is 17.4 Å². The van der Waals surface area contributed by atoms with Crippen LogP contribution >= 0.6 is 11.7 Å². The van der Waals surface area contributed by atoms with Crippen LogP contribution in [0, 0.1) is 17.2 Å². The lowest BCUT2D eigenvalue weighted by atomic mass is 10.2. The SMILES string of the molecule is CC(C#N)CN(C)S(=O)(=O)c1cccc2nsnc12. The van der Waals surface area contributed by atoms with Gasteiger partial charge in [-0.15, -0.1) is 0 Å². The van der Waals surface area contributed by atoms with E-state index in [0.717, 1.165) is 11.7 Å². The molecule has 1 aromatic carbocycles. The van der Waals surface area contributed by atoms with Crippen molar-refractivity contribution in [3.8, 4) is 6.07 Å². The van der Waals surface area contributed by atoms with Crippen molar-refractivity contribution in [1.29, 1.82) is 5.26 Å². The summed E-state index contributed by atoms with van der Waals surface area (Å²) in [6.07, 6.45) is 0. The first-order valence-electron chi connectivity index (χ1n) is 5.54. The monoisotopic (exact) mass is 296 g/mol. The Hall–Kier alpha value is -1.56. The zero-order chi connectivity index (χ0) is 14.0. The minimum absolute atomic E-state index is 0.131. The molecule has 19 heavy (non-hydrogen) atoms. The number of nitrogens with zero attached hydrogens (tertiary/aromatic N) is 4. The molecule has 2 aromatic rings. The van der Waals surface area contributed by atoms with Crippen molar-refractivity contribution in [3.63, 3.8) is 0 Å². The number of fused-ring (bicyclic) bond motifs is 1. The minimum atomic E-state index is -3.65. The summed E-state index contributed by atoms with van der Waals surface area (Å²) in [5.74, 6) is -0.368. The van der Waals surface area contributed by atoms with Gasteiger partial charge in [-0.25, -0.2) is 8.42 Å². The topological polar surface area (TPSA) is 87.0 Å². The molecular weight excluding hydrogens is 284 g/mol. The van der Waals surface area contributed by atoms with Crippen LogP contribution in [-0.2, 0) is 10.0 Å². The molecule has 1 atom stereocenters. The predicted octanol–water partition coefficient (Wildman–Crippen LogP) is 1.47. The summed E-state index contributed by atoms with van der Waals surface area (Å²) in [7, 11) is -2.19. The summed E-state index contributed by atoms with van der Waals surface area (Å²) in [4.78, 5) is 0.131. The van der Waals surface area contributed by atoms with Gasteiger partial charge in [-0.3, -0.25) is 0 Å². The van der Waals surface area contributed by atoms with Crippen LogP contribution in [0.3, 0.4) is 0 Å². The number of hydrogen-bond acceptors (Lipinski definition) is 6. The van der Waals surface area contributed by atoms with E-state index in [1.165, 1.54) is 17.4 Å². The maximum Gasteiger partial charge on any atom is 0.245 e. The molecule has 0 radical (unpaired) electrons. The van der Waals surface area contributed by atoms with Crippen LogP contribution in [0.4, 0.5) is 0 Å². The Balaban J connectivity index is 2.45. The fraction of sp³-hybridized carbons (Fsp3) is 0.364. The zero-order valence-corrected chi connectivity index (χ0v) is 12.1. The minimum Gasteiger partial charge on any atom is -0.207 e. The van der Waals surface area contributed by atoms with Gasteiger partial charge in [0.25, 0.3) is 0 Å². The number of sulfonamides is 1. The van der Waals surface area contributed by atoms with Gasteiger partial charge >= 0.3 is 0 Å². The lowest BCUT2D eigenvalue weighted by Gasteiger charge is -2.18. The molecular formula is C11H12N4O2S2. The van der Waals surface area contributed by atoms with Crippen molar-refractivity contribution in [2.75, 3.05) is 13.6 Å². The summed E-state index contributed by atoms with van der Waals surface area (Å²) in [6.45, 7) is 1.82. The van der Waals surface area contributed by atoms with E-state index in [1.54, 1.807) is 19.1 Å². The van der Waals surface area contributed by atoms with Crippen LogP contribution in [0.5, 0.6) is 0 Å². The molecule has 1 aromatic heterocycles. The molecule has 0 amide bonds. The third-order valence-electron chi connectivity index (χ3n) is 2.69. The van der Waals surface area contributed by atoms with Crippen molar-refractivity contribution in [2.45, 2.75) is 11.8 Å². The molecule has 0 aliphatic rings. The fourth-order valence-electron chi connectivity index (χ4n) is 1.68. The van der Waals surface area contributed by atoms with Crippen molar-refractivity contribution < 1.29 is 8.42 Å². The van der Waals surface area contributed by atoms with E-state index in [9.17, 15) is 8.42 Å². The summed E-state index contributed by atoms with van der Waals surface area (Å²) in [5, 5.41) is 8.77. The molecule has 0 aliphatic heterocycles. The number of aromatic nitrogens is 2. The van der Waals surface area contributed by atoms with Crippen LogP contribution in [0.15, 0.2) is 23.1 Å². The molecule has 8 heteroatoms. The van der Waals surface area contributed by atoms with Crippen LogP contribution < -0.4 is 0 Å². The molecule has 1 heterocycles. The molecule has 0 aliphatic carbocycles. The highest BCUT2D eigenvalue weighted by Gasteiger charge is 2.25. The van der Waals surface area contributed by atoms with E-state index in [0.29, 0.717) is 11.0 Å². The Kier molecular flexibility index (Phi) is 3.80. The van der Waals surface area contributed by atoms with Crippen molar-refractivity contribution >= 4 is 32.8 Å². The first-order chi connectivity index (χ1) is 8.96. The molecule has 1 unspecified atom stereocenters. The van der Waals surface area contributed by atoms with E-state index in [2.05, 4.69) is 8.75 Å². The fourth-order valence-corrected chi connectivity index (χ4v) is 3.69. The summed E-state index contributed by atoms with van der Waals surface area (Å²) < 4.78 is 34.1. The molecule has 6 nitrogen and oxygen atoms in total. The Bertz CT molecular complexity index is 732. The molecule has 0 saturated carbocycles.